The number of hydrazine groups is 1. The van der Waals surface area contributed by atoms with E-state index in [1.54, 1.807) is 47.9 Å². The molecule has 9 amide bonds. The Balaban J connectivity index is 0.000000260. The Morgan fingerprint density at radius 2 is 0.756 bits per heavy atom. The third-order valence-electron chi connectivity index (χ3n) is 22.7. The number of Topliss-reactive ketones (excluding diaryl/α,β-unsaturated/α-hetero) is 6. The van der Waals surface area contributed by atoms with Gasteiger partial charge in [0, 0.05) is 106 Å². The molecule has 4 saturated heterocycles. The van der Waals surface area contributed by atoms with Gasteiger partial charge in [0.05, 0.1) is 29.9 Å². The van der Waals surface area contributed by atoms with Gasteiger partial charge in [-0.25, -0.2) is 0 Å². The van der Waals surface area contributed by atoms with Crippen LogP contribution in [-0.4, -0.2) is 176 Å². The third kappa shape index (κ3) is 30.2. The lowest BCUT2D eigenvalue weighted by molar-refractivity contribution is -0.142. The number of nitrogens with one attached hydrogen (secondary N) is 4. The van der Waals surface area contributed by atoms with E-state index in [4.69, 9.17) is 17.2 Å². The predicted octanol–water partition coefficient (Wildman–Crippen LogP) is 9.34. The topological polar surface area (TPSA) is 395 Å². The molecule has 4 aliphatic heterocycles. The lowest BCUT2D eigenvalue weighted by atomic mass is 9.88. The first kappa shape index (κ1) is 95.3. The molecule has 0 radical (unpaired) electrons. The molecular formula is C93H125N11O15. The summed E-state index contributed by atoms with van der Waals surface area (Å²) < 4.78 is 0. The molecule has 26 nitrogen and oxygen atoms in total. The Labute approximate surface area is 700 Å². The van der Waals surface area contributed by atoms with Crippen LogP contribution >= 0.6 is 0 Å². The molecule has 0 aliphatic carbocycles. The van der Waals surface area contributed by atoms with E-state index in [1.165, 1.54) is 16.7 Å². The number of nitrogens with two attached hydrogens (primary N) is 3. The van der Waals surface area contributed by atoms with Crippen molar-refractivity contribution in [1.29, 1.82) is 0 Å². The van der Waals surface area contributed by atoms with Gasteiger partial charge in [0.2, 0.25) is 47.3 Å². The molecule has 12 atom stereocenters. The monoisotopic (exact) mass is 1640 g/mol. The average Bonchev–Trinajstić information content (AvgIpc) is 1.78. The molecule has 5 aromatic rings. The molecule has 642 valence electrons. The highest BCUT2D eigenvalue weighted by atomic mass is 16.2. The van der Waals surface area contributed by atoms with Crippen molar-refractivity contribution in [2.24, 2.45) is 58.6 Å². The van der Waals surface area contributed by atoms with Gasteiger partial charge >= 0.3 is 0 Å². The number of likely N-dealkylation sites (tertiary alicyclic amines) is 4. The number of anilines is 1. The fourth-order valence-electron chi connectivity index (χ4n) is 16.0. The first-order valence-corrected chi connectivity index (χ1v) is 42.3. The average molecular weight is 1640 g/mol. The number of ketones is 6. The second-order valence-electron chi connectivity index (χ2n) is 33.4. The minimum absolute atomic E-state index is 0.00668. The molecule has 0 spiro atoms. The van der Waals surface area contributed by atoms with Crippen LogP contribution in [-0.2, 0) is 92.8 Å². The van der Waals surface area contributed by atoms with Crippen LogP contribution in [0.1, 0.15) is 204 Å². The Kier molecular flexibility index (Phi) is 38.1. The highest BCUT2D eigenvalue weighted by Gasteiger charge is 2.41. The van der Waals surface area contributed by atoms with Crippen LogP contribution in [0.3, 0.4) is 0 Å². The Morgan fingerprint density at radius 3 is 1.14 bits per heavy atom. The highest BCUT2D eigenvalue weighted by Crippen LogP contribution is 2.29. The summed E-state index contributed by atoms with van der Waals surface area (Å²) in [6.07, 6.45) is 7.72. The van der Waals surface area contributed by atoms with Gasteiger partial charge in [0.25, 0.3) is 5.91 Å². The first-order chi connectivity index (χ1) is 56.7. The van der Waals surface area contributed by atoms with E-state index >= 15 is 0 Å². The smallest absolute Gasteiger partial charge is 0.261 e. The van der Waals surface area contributed by atoms with Gasteiger partial charge < -0.3 is 47.4 Å². The maximum Gasteiger partial charge on any atom is 0.261 e. The molecule has 9 rings (SSSR count). The van der Waals surface area contributed by atoms with E-state index in [9.17, 15) is 71.9 Å². The summed E-state index contributed by atoms with van der Waals surface area (Å²) >= 11 is 0. The lowest BCUT2D eigenvalue weighted by Crippen LogP contribution is -2.50. The van der Waals surface area contributed by atoms with Crippen molar-refractivity contribution in [2.75, 3.05) is 31.6 Å². The van der Waals surface area contributed by atoms with Gasteiger partial charge in [0.1, 0.15) is 29.7 Å². The van der Waals surface area contributed by atoms with E-state index in [0.717, 1.165) is 28.7 Å². The van der Waals surface area contributed by atoms with E-state index in [0.29, 0.717) is 114 Å². The fraction of sp³-hybridized carbons (Fsp3) is 0.516. The summed E-state index contributed by atoms with van der Waals surface area (Å²) in [6, 6.07) is 40.0. The summed E-state index contributed by atoms with van der Waals surface area (Å²) in [7, 11) is 0. The second-order valence-corrected chi connectivity index (χ2v) is 33.4. The largest absolute Gasteiger partial charge is 0.368 e. The number of carbonyl (C=O) groups excluding carboxylic acids is 15. The van der Waals surface area contributed by atoms with Crippen LogP contribution in [0.15, 0.2) is 146 Å². The number of hydrogen-bond acceptors (Lipinski definition) is 17. The van der Waals surface area contributed by atoms with Crippen molar-refractivity contribution in [3.8, 4) is 0 Å². The van der Waals surface area contributed by atoms with Crippen molar-refractivity contribution in [3.63, 3.8) is 0 Å². The van der Waals surface area contributed by atoms with Gasteiger partial charge in [-0.2, -0.15) is 0 Å². The maximum atomic E-state index is 14.0. The van der Waals surface area contributed by atoms with Crippen molar-refractivity contribution >= 4 is 93.6 Å². The lowest BCUT2D eigenvalue weighted by Gasteiger charge is -2.28. The molecule has 4 aliphatic rings. The number of primary amides is 2. The molecular weight excluding hydrogens is 1510 g/mol. The van der Waals surface area contributed by atoms with Crippen molar-refractivity contribution in [2.45, 2.75) is 239 Å². The van der Waals surface area contributed by atoms with Crippen molar-refractivity contribution < 1.29 is 71.9 Å². The van der Waals surface area contributed by atoms with Gasteiger partial charge in [-0.05, 0) is 155 Å². The van der Waals surface area contributed by atoms with Crippen LogP contribution in [0.4, 0.5) is 5.69 Å². The molecule has 4 fully saturated rings. The van der Waals surface area contributed by atoms with Crippen LogP contribution < -0.4 is 38.7 Å². The normalized spacial score (nSPS) is 18.3. The minimum Gasteiger partial charge on any atom is -0.368 e. The molecule has 119 heavy (non-hydrogen) atoms. The van der Waals surface area contributed by atoms with E-state index in [1.807, 2.05) is 163 Å². The van der Waals surface area contributed by atoms with Gasteiger partial charge in [-0.3, -0.25) is 82.8 Å². The summed E-state index contributed by atoms with van der Waals surface area (Å²) in [5.41, 5.74) is 27.6. The van der Waals surface area contributed by atoms with E-state index in [-0.39, 0.29) is 145 Å². The molecule has 10 N–H and O–H groups in total. The molecule has 0 unspecified atom stereocenters. The summed E-state index contributed by atoms with van der Waals surface area (Å²) in [5.74, 6) is -6.05. The molecule has 0 bridgehead atoms. The molecule has 0 saturated carbocycles. The Hall–Kier alpha value is -10.9. The molecule has 0 aromatic heterocycles. The van der Waals surface area contributed by atoms with Crippen molar-refractivity contribution in [1.82, 2.24) is 35.7 Å². The highest BCUT2D eigenvalue weighted by molar-refractivity contribution is 5.99. The van der Waals surface area contributed by atoms with Crippen molar-refractivity contribution in [3.05, 3.63) is 173 Å². The number of carbonyl (C=O) groups is 15. The SMILES string of the molecule is CC(=O)c1ccc(NNC(=O)[C@@H]2CCCN2C(=O)CCC(=O)[C@@H](C)Cc2ccccc2)cc1.CC(C)C[C@H](CC(=O)[C@@H]1CCCN1C(=O)CCC(=O)[C@@H](C)Cc1ccccc1)C(=O)N[C@@H](Cc1ccccc1)C(=O)C[C@@H](C)C(=O)N1CCC[C@H]1C(N)=O.CC(C)C[C@H](N)C(=O)N[C@@H](Cc1ccccc1)C(=O)C[C@@H](C)C(=O)N1CCC[C@H]1C(N)=O. The molecule has 4 heterocycles. The Bertz CT molecular complexity index is 4260. The second kappa shape index (κ2) is 47.6. The van der Waals surface area contributed by atoms with Crippen LogP contribution in [0.2, 0.25) is 0 Å². The summed E-state index contributed by atoms with van der Waals surface area (Å²) in [5, 5.41) is 5.74. The standard InChI is InChI=1S/C43H58N4O7.C26H31N3O4.C24H36N4O4/c1-28(2)23-33(27-39(50)35-17-11-21-46(35)40(51)20-19-37(48)29(3)24-31-13-7-5-8-14-31)42(53)45-34(26-32-15-9-6-10-16-32)38(49)25-30(4)43(54)47-22-12-18-36(47)41(44)52;1-18(17-20-7-4-3-5-8-20)24(31)14-15-25(32)29-16-6-9-23(29)26(33)28-27-22-12-10-21(11-13-22)19(2)30;1-15(2)12-18(25)23(31)27-19(14-17-8-5-4-6-9-17)21(29)13-16(3)24(32)28-11-7-10-20(28)22(26)30/h5-10,13-16,28-30,33-36H,11-12,17-27H2,1-4H3,(H2,44,52)(H,45,53);3-5,7-8,10-13,18,23,27H,6,9,14-17H2,1-2H3,(H,28,33);4-6,8-9,15-16,18-20H,7,10-14,25H2,1-3H3,(H2,26,30)(H,27,31)/t29-,30+,33+,34-,35-,36-;18-,23-;16-,18+,19+,20+/m001/s1. The number of amides is 9. The fourth-order valence-corrected chi connectivity index (χ4v) is 16.0. The van der Waals surface area contributed by atoms with E-state index in [2.05, 4.69) is 21.5 Å². The Morgan fingerprint density at radius 1 is 0.395 bits per heavy atom. The molecule has 26 heteroatoms. The van der Waals surface area contributed by atoms with Gasteiger partial charge in [0.15, 0.2) is 23.1 Å². The van der Waals surface area contributed by atoms with Crippen LogP contribution in [0.25, 0.3) is 0 Å². The van der Waals surface area contributed by atoms with E-state index < -0.39 is 77.8 Å². The minimum atomic E-state index is -0.947. The molecule has 5 aromatic carbocycles. The first-order valence-electron chi connectivity index (χ1n) is 42.3. The summed E-state index contributed by atoms with van der Waals surface area (Å²) in [4.78, 5) is 199. The van der Waals surface area contributed by atoms with Crippen LogP contribution in [0.5, 0.6) is 0 Å². The van der Waals surface area contributed by atoms with Gasteiger partial charge in [-0.1, -0.05) is 177 Å². The zero-order valence-corrected chi connectivity index (χ0v) is 70.8. The third-order valence-corrected chi connectivity index (χ3v) is 22.7. The van der Waals surface area contributed by atoms with Gasteiger partial charge in [-0.15, -0.1) is 0 Å². The predicted molar refractivity (Wildman–Crippen MR) is 454 cm³/mol. The number of rotatable bonds is 41. The maximum absolute atomic E-state index is 14.0. The number of benzene rings is 5. The number of nitrogens with zero attached hydrogens (tertiary/aromatic N) is 4. The quantitative estimate of drug-likeness (QED) is 0.0141. The zero-order chi connectivity index (χ0) is 87.0. The van der Waals surface area contributed by atoms with Crippen LogP contribution in [0, 0.1) is 41.4 Å². The zero-order valence-electron chi connectivity index (χ0n) is 70.8. The number of hydrogen-bond donors (Lipinski definition) is 7. The summed E-state index contributed by atoms with van der Waals surface area (Å²) in [6.45, 7) is 18.2.